The number of ether oxygens (including phenoxy) is 2. The van der Waals surface area contributed by atoms with Crippen LogP contribution >= 0.6 is 0 Å². The summed E-state index contributed by atoms with van der Waals surface area (Å²) in [5.74, 6) is -1.05. The number of aliphatic hydroxyl groups excluding tert-OH is 1. The summed E-state index contributed by atoms with van der Waals surface area (Å²) in [7, 11) is 0. The van der Waals surface area contributed by atoms with Gasteiger partial charge in [-0.25, -0.2) is 9.78 Å². The van der Waals surface area contributed by atoms with Crippen molar-refractivity contribution in [1.82, 2.24) is 15.3 Å². The van der Waals surface area contributed by atoms with Crippen molar-refractivity contribution in [3.63, 3.8) is 0 Å². The maximum absolute atomic E-state index is 12.1. The minimum atomic E-state index is -0.976. The fourth-order valence-corrected chi connectivity index (χ4v) is 2.67. The number of allylic oxidation sites excluding steroid dienone is 1. The Morgan fingerprint density at radius 1 is 1.16 bits per heavy atom. The van der Waals surface area contributed by atoms with Gasteiger partial charge in [-0.15, -0.1) is 0 Å². The van der Waals surface area contributed by atoms with Gasteiger partial charge in [-0.3, -0.25) is 4.79 Å². The molecule has 158 valence electrons. The minimum Gasteiger partial charge on any atom is -0.507 e. The molecule has 9 nitrogen and oxygen atoms in total. The molecule has 1 heterocycles. The van der Waals surface area contributed by atoms with Crippen LogP contribution in [0.1, 0.15) is 12.7 Å². The van der Waals surface area contributed by atoms with Crippen molar-refractivity contribution >= 4 is 28.5 Å². The van der Waals surface area contributed by atoms with Crippen molar-refractivity contribution in [2.75, 3.05) is 13.2 Å². The molecule has 0 aliphatic carbocycles. The Bertz CT molecular complexity index is 1110. The summed E-state index contributed by atoms with van der Waals surface area (Å²) >= 11 is 0. The Kier molecular flexibility index (Phi) is 6.85. The fourth-order valence-electron chi connectivity index (χ4n) is 2.67. The molecule has 0 bridgehead atoms. The molecule has 0 aliphatic heterocycles. The van der Waals surface area contributed by atoms with Crippen molar-refractivity contribution in [3.05, 3.63) is 66.2 Å². The molecule has 0 saturated heterocycles. The first-order chi connectivity index (χ1) is 15.0. The second kappa shape index (κ2) is 9.93. The molecular formula is C22H20N4O5. The zero-order chi connectivity index (χ0) is 22.2. The molecule has 2 aromatic carbocycles. The number of carbonyl (C=O) groups excluding carboxylic acids is 2. The van der Waals surface area contributed by atoms with Crippen LogP contribution in [0, 0.1) is 11.3 Å². The second-order valence-corrected chi connectivity index (χ2v) is 6.53. The largest absolute Gasteiger partial charge is 0.507 e. The van der Waals surface area contributed by atoms with Crippen molar-refractivity contribution in [2.24, 2.45) is 0 Å². The number of aromatic nitrogens is 2. The molecule has 1 amide bonds. The van der Waals surface area contributed by atoms with E-state index >= 15 is 0 Å². The van der Waals surface area contributed by atoms with Crippen LogP contribution in [0.5, 0.6) is 5.75 Å². The standard InChI is InChI=1S/C22H20N4O5/c1-14(24-20(28)13-30-15-7-3-2-4-8-15)22(29)31-12-19(27)16(11-23)21-25-17-9-5-6-10-18(17)26-21/h2-10,14,27H,12-13H2,1H3,(H,24,28)(H,25,26)/t14-/m1/s1. The van der Waals surface area contributed by atoms with Crippen molar-refractivity contribution in [2.45, 2.75) is 13.0 Å². The number of hydrogen-bond acceptors (Lipinski definition) is 7. The van der Waals surface area contributed by atoms with Crippen LogP contribution in [-0.4, -0.2) is 46.2 Å². The smallest absolute Gasteiger partial charge is 0.328 e. The molecule has 1 aromatic heterocycles. The normalized spacial score (nSPS) is 12.4. The van der Waals surface area contributed by atoms with Gasteiger partial charge in [0.05, 0.1) is 11.0 Å². The molecule has 0 radical (unpaired) electrons. The number of amides is 1. The van der Waals surface area contributed by atoms with Crippen LogP contribution in [-0.2, 0) is 14.3 Å². The maximum atomic E-state index is 12.1. The Hall–Kier alpha value is -4.32. The van der Waals surface area contributed by atoms with E-state index in [1.54, 1.807) is 42.5 Å². The first-order valence-electron chi connectivity index (χ1n) is 9.39. The van der Waals surface area contributed by atoms with E-state index in [-0.39, 0.29) is 18.0 Å². The number of nitrogens with one attached hydrogen (secondary N) is 2. The summed E-state index contributed by atoms with van der Waals surface area (Å²) in [6, 6.07) is 16.8. The quantitative estimate of drug-likeness (QED) is 0.289. The SMILES string of the molecule is C[C@@H](NC(=O)COc1ccccc1)C(=O)OCC(O)=C(C#N)c1nc2ccccc2[nH]1. The lowest BCUT2D eigenvalue weighted by Crippen LogP contribution is -2.42. The van der Waals surface area contributed by atoms with Gasteiger partial charge in [0.15, 0.2) is 18.2 Å². The van der Waals surface area contributed by atoms with Crippen molar-refractivity contribution in [3.8, 4) is 11.8 Å². The zero-order valence-electron chi connectivity index (χ0n) is 16.7. The zero-order valence-corrected chi connectivity index (χ0v) is 16.7. The first kappa shape index (κ1) is 21.4. The number of nitrogens with zero attached hydrogens (tertiary/aromatic N) is 2. The number of aliphatic hydroxyl groups is 1. The van der Waals surface area contributed by atoms with Gasteiger partial charge >= 0.3 is 5.97 Å². The molecule has 3 N–H and O–H groups in total. The van der Waals surface area contributed by atoms with E-state index in [4.69, 9.17) is 9.47 Å². The second-order valence-electron chi connectivity index (χ2n) is 6.53. The molecule has 0 unspecified atom stereocenters. The third-order valence-corrected chi connectivity index (χ3v) is 4.22. The average Bonchev–Trinajstić information content (AvgIpc) is 3.21. The summed E-state index contributed by atoms with van der Waals surface area (Å²) in [6.45, 7) is 0.630. The predicted molar refractivity (Wildman–Crippen MR) is 112 cm³/mol. The Labute approximate surface area is 177 Å². The Morgan fingerprint density at radius 2 is 1.87 bits per heavy atom. The third kappa shape index (κ3) is 5.61. The van der Waals surface area contributed by atoms with E-state index in [1.165, 1.54) is 6.92 Å². The number of benzene rings is 2. The molecule has 3 rings (SSSR count). The molecule has 31 heavy (non-hydrogen) atoms. The van der Waals surface area contributed by atoms with E-state index < -0.39 is 30.3 Å². The lowest BCUT2D eigenvalue weighted by atomic mass is 10.2. The van der Waals surface area contributed by atoms with Crippen LogP contribution < -0.4 is 10.1 Å². The van der Waals surface area contributed by atoms with Gasteiger partial charge in [0.1, 0.15) is 30.0 Å². The Morgan fingerprint density at radius 3 is 2.58 bits per heavy atom. The molecule has 1 atom stereocenters. The van der Waals surface area contributed by atoms with E-state index in [0.29, 0.717) is 16.8 Å². The summed E-state index contributed by atoms with van der Waals surface area (Å²) < 4.78 is 10.3. The van der Waals surface area contributed by atoms with Crippen molar-refractivity contribution in [1.29, 1.82) is 5.26 Å². The van der Waals surface area contributed by atoms with Gasteiger partial charge in [0, 0.05) is 0 Å². The lowest BCUT2D eigenvalue weighted by molar-refractivity contribution is -0.147. The van der Waals surface area contributed by atoms with Crippen molar-refractivity contribution < 1.29 is 24.2 Å². The minimum absolute atomic E-state index is 0.142. The number of H-pyrrole nitrogens is 1. The van der Waals surface area contributed by atoms with Gasteiger partial charge in [-0.05, 0) is 31.2 Å². The van der Waals surface area contributed by atoms with E-state index in [1.807, 2.05) is 18.2 Å². The van der Waals surface area contributed by atoms with E-state index in [0.717, 1.165) is 0 Å². The van der Waals surface area contributed by atoms with Crippen LogP contribution in [0.25, 0.3) is 16.6 Å². The summed E-state index contributed by atoms with van der Waals surface area (Å²) in [5, 5.41) is 22.1. The molecule has 3 aromatic rings. The number of carbonyl (C=O) groups is 2. The van der Waals surface area contributed by atoms with E-state index in [2.05, 4.69) is 15.3 Å². The number of esters is 1. The van der Waals surface area contributed by atoms with Gasteiger partial charge in [0.25, 0.3) is 5.91 Å². The molecule has 9 heteroatoms. The molecule has 0 aliphatic rings. The Balaban J connectivity index is 1.54. The van der Waals surface area contributed by atoms with Gasteiger partial charge in [-0.1, -0.05) is 30.3 Å². The number of imidazole rings is 1. The first-order valence-corrected chi connectivity index (χ1v) is 9.39. The number of aromatic amines is 1. The number of nitriles is 1. The molecule has 0 spiro atoms. The van der Waals surface area contributed by atoms with Crippen LogP contribution in [0.3, 0.4) is 0 Å². The van der Waals surface area contributed by atoms with Gasteiger partial charge in [0.2, 0.25) is 0 Å². The predicted octanol–water partition coefficient (Wildman–Crippen LogP) is 2.48. The summed E-state index contributed by atoms with van der Waals surface area (Å²) in [4.78, 5) is 31.2. The highest BCUT2D eigenvalue weighted by atomic mass is 16.5. The lowest BCUT2D eigenvalue weighted by Gasteiger charge is -2.14. The highest BCUT2D eigenvalue weighted by Gasteiger charge is 2.20. The van der Waals surface area contributed by atoms with Crippen LogP contribution in [0.4, 0.5) is 0 Å². The topological polar surface area (TPSA) is 137 Å². The maximum Gasteiger partial charge on any atom is 0.328 e. The molecular weight excluding hydrogens is 400 g/mol. The van der Waals surface area contributed by atoms with Gasteiger partial charge in [-0.2, -0.15) is 5.26 Å². The summed E-state index contributed by atoms with van der Waals surface area (Å²) in [6.07, 6.45) is 0. The molecule has 0 saturated carbocycles. The average molecular weight is 420 g/mol. The van der Waals surface area contributed by atoms with Crippen LogP contribution in [0.2, 0.25) is 0 Å². The molecule has 0 fully saturated rings. The monoisotopic (exact) mass is 420 g/mol. The summed E-state index contributed by atoms with van der Waals surface area (Å²) in [5.41, 5.74) is 1.19. The highest BCUT2D eigenvalue weighted by Crippen LogP contribution is 2.18. The van der Waals surface area contributed by atoms with Crippen LogP contribution in [0.15, 0.2) is 60.4 Å². The fraction of sp³-hybridized carbons (Fsp3) is 0.182. The van der Waals surface area contributed by atoms with Gasteiger partial charge < -0.3 is 24.9 Å². The highest BCUT2D eigenvalue weighted by molar-refractivity contribution is 5.85. The number of fused-ring (bicyclic) bond motifs is 1. The number of hydrogen-bond donors (Lipinski definition) is 3. The third-order valence-electron chi connectivity index (χ3n) is 4.22. The van der Waals surface area contributed by atoms with E-state index in [9.17, 15) is 20.0 Å². The number of para-hydroxylation sites is 3. The number of rotatable bonds is 8.